The van der Waals surface area contributed by atoms with Crippen molar-refractivity contribution >= 4 is 11.6 Å². The monoisotopic (exact) mass is 337 g/mol. The van der Waals surface area contributed by atoms with Gasteiger partial charge in [0.05, 0.1) is 18.2 Å². The molecule has 1 unspecified atom stereocenters. The Labute approximate surface area is 145 Å². The molecular formula is C20H16ClNO2. The van der Waals surface area contributed by atoms with E-state index in [1.807, 2.05) is 54.7 Å². The molecule has 0 fully saturated rings. The summed E-state index contributed by atoms with van der Waals surface area (Å²) in [5, 5.41) is 0. The third kappa shape index (κ3) is 2.77. The Balaban J connectivity index is 1.76. The number of hydrogen-bond acceptors (Lipinski definition) is 3. The van der Waals surface area contributed by atoms with Crippen LogP contribution in [0.3, 0.4) is 0 Å². The Hall–Kier alpha value is -2.36. The molecule has 3 nitrogen and oxygen atoms in total. The molecule has 24 heavy (non-hydrogen) atoms. The number of rotatable bonds is 4. The molecule has 4 heteroatoms. The average Bonchev–Trinajstić information content (AvgIpc) is 3.08. The van der Waals surface area contributed by atoms with Gasteiger partial charge in [-0.15, -0.1) is 11.6 Å². The molecule has 0 saturated carbocycles. The quantitative estimate of drug-likeness (QED) is 0.611. The Morgan fingerprint density at radius 3 is 2.46 bits per heavy atom. The second-order valence-corrected chi connectivity index (χ2v) is 5.89. The molecule has 120 valence electrons. The highest BCUT2D eigenvalue weighted by Crippen LogP contribution is 2.42. The molecule has 4 rings (SSSR count). The van der Waals surface area contributed by atoms with E-state index in [1.54, 1.807) is 0 Å². The third-order valence-corrected chi connectivity index (χ3v) is 4.37. The van der Waals surface area contributed by atoms with Crippen molar-refractivity contribution in [2.24, 2.45) is 0 Å². The first-order chi connectivity index (χ1) is 11.9. The number of halogens is 1. The fourth-order valence-electron chi connectivity index (χ4n) is 2.95. The number of benzene rings is 2. The summed E-state index contributed by atoms with van der Waals surface area (Å²) in [5.74, 6) is 1.78. The molecule has 2 aromatic carbocycles. The maximum absolute atomic E-state index is 6.10. The minimum absolute atomic E-state index is 0.115. The van der Waals surface area contributed by atoms with Crippen LogP contribution in [0.25, 0.3) is 0 Å². The summed E-state index contributed by atoms with van der Waals surface area (Å²) in [6.45, 7) is 0.490. The molecule has 1 aliphatic rings. The number of aromatic nitrogens is 1. The van der Waals surface area contributed by atoms with Gasteiger partial charge in [-0.25, -0.2) is 0 Å². The number of ether oxygens (including phenoxy) is 2. The second-order valence-electron chi connectivity index (χ2n) is 5.62. The van der Waals surface area contributed by atoms with Crippen LogP contribution in [0.1, 0.15) is 28.5 Å². The van der Waals surface area contributed by atoms with E-state index in [2.05, 4.69) is 17.1 Å². The van der Waals surface area contributed by atoms with Crippen LogP contribution in [0, 0.1) is 0 Å². The lowest BCUT2D eigenvalue weighted by atomic mass is 10.0. The highest BCUT2D eigenvalue weighted by molar-refractivity contribution is 6.17. The molecule has 2 heterocycles. The Morgan fingerprint density at radius 1 is 1.04 bits per heavy atom. The first-order valence-electron chi connectivity index (χ1n) is 7.83. The van der Waals surface area contributed by atoms with Crippen molar-refractivity contribution < 1.29 is 9.47 Å². The van der Waals surface area contributed by atoms with Crippen LogP contribution in [0.5, 0.6) is 11.5 Å². The molecule has 0 spiro atoms. The molecule has 1 aliphatic heterocycles. The lowest BCUT2D eigenvalue weighted by Crippen LogP contribution is -2.01. The van der Waals surface area contributed by atoms with Gasteiger partial charge in [0, 0.05) is 17.3 Å². The predicted molar refractivity (Wildman–Crippen MR) is 93.4 cm³/mol. The predicted octanol–water partition coefficient (Wildman–Crippen LogP) is 5.23. The van der Waals surface area contributed by atoms with Crippen molar-refractivity contribution in [3.63, 3.8) is 0 Å². The van der Waals surface area contributed by atoms with Crippen LogP contribution < -0.4 is 4.74 Å². The van der Waals surface area contributed by atoms with E-state index in [-0.39, 0.29) is 6.10 Å². The van der Waals surface area contributed by atoms with E-state index in [0.29, 0.717) is 18.2 Å². The number of alkyl halides is 1. The topological polar surface area (TPSA) is 31.4 Å². The van der Waals surface area contributed by atoms with E-state index in [0.717, 1.165) is 28.1 Å². The van der Waals surface area contributed by atoms with Crippen LogP contribution in [-0.2, 0) is 17.2 Å². The summed E-state index contributed by atoms with van der Waals surface area (Å²) in [6.07, 6.45) is 1.74. The SMILES string of the molecule is ClCc1ncc2c(c1Oc1ccccc1)COC2c1ccccc1. The maximum Gasteiger partial charge on any atom is 0.156 e. The van der Waals surface area contributed by atoms with Gasteiger partial charge in [-0.1, -0.05) is 48.5 Å². The standard InChI is InChI=1S/C20H16ClNO2/c21-11-18-20(24-15-9-5-2-6-10-15)17-13-23-19(16(17)12-22-18)14-7-3-1-4-8-14/h1-10,12,19H,11,13H2. The van der Waals surface area contributed by atoms with Crippen molar-refractivity contribution in [1.82, 2.24) is 4.98 Å². The van der Waals surface area contributed by atoms with Gasteiger partial charge < -0.3 is 9.47 Å². The first-order valence-corrected chi connectivity index (χ1v) is 8.36. The van der Waals surface area contributed by atoms with Crippen LogP contribution in [0.15, 0.2) is 66.9 Å². The minimum Gasteiger partial charge on any atom is -0.455 e. The van der Waals surface area contributed by atoms with Crippen molar-refractivity contribution in [2.45, 2.75) is 18.6 Å². The lowest BCUT2D eigenvalue weighted by Gasteiger charge is -2.14. The van der Waals surface area contributed by atoms with E-state index in [1.165, 1.54) is 0 Å². The Bertz CT molecular complexity index is 837. The van der Waals surface area contributed by atoms with Gasteiger partial charge in [0.25, 0.3) is 0 Å². The second kappa shape index (κ2) is 6.63. The van der Waals surface area contributed by atoms with Crippen molar-refractivity contribution in [1.29, 1.82) is 0 Å². The normalized spacial score (nSPS) is 16.0. The van der Waals surface area contributed by atoms with Gasteiger partial charge >= 0.3 is 0 Å². The van der Waals surface area contributed by atoms with E-state index < -0.39 is 0 Å². The average molecular weight is 338 g/mol. The zero-order valence-electron chi connectivity index (χ0n) is 13.0. The van der Waals surface area contributed by atoms with Crippen LogP contribution >= 0.6 is 11.6 Å². The lowest BCUT2D eigenvalue weighted by molar-refractivity contribution is 0.0933. The largest absolute Gasteiger partial charge is 0.455 e. The van der Waals surface area contributed by atoms with Crippen molar-refractivity contribution in [2.75, 3.05) is 0 Å². The third-order valence-electron chi connectivity index (χ3n) is 4.11. The zero-order chi connectivity index (χ0) is 16.4. The molecule has 0 radical (unpaired) electrons. The van der Waals surface area contributed by atoms with Crippen LogP contribution in [0.2, 0.25) is 0 Å². The van der Waals surface area contributed by atoms with E-state index in [9.17, 15) is 0 Å². The fourth-order valence-corrected chi connectivity index (χ4v) is 3.14. The number of para-hydroxylation sites is 1. The zero-order valence-corrected chi connectivity index (χ0v) is 13.7. The summed E-state index contributed by atoms with van der Waals surface area (Å²) in [6, 6.07) is 19.8. The van der Waals surface area contributed by atoms with Crippen LogP contribution in [-0.4, -0.2) is 4.98 Å². The van der Waals surface area contributed by atoms with Gasteiger partial charge in [0.2, 0.25) is 0 Å². The van der Waals surface area contributed by atoms with Gasteiger partial charge in [-0.3, -0.25) is 4.98 Å². The highest BCUT2D eigenvalue weighted by Gasteiger charge is 2.30. The molecular weight excluding hydrogens is 322 g/mol. The Morgan fingerprint density at radius 2 is 1.75 bits per heavy atom. The summed E-state index contributed by atoms with van der Waals surface area (Å²) in [5.41, 5.74) is 3.92. The molecule has 0 bridgehead atoms. The van der Waals surface area contributed by atoms with Gasteiger partial charge in [-0.2, -0.15) is 0 Å². The molecule has 0 saturated heterocycles. The molecule has 0 aliphatic carbocycles. The van der Waals surface area contributed by atoms with Crippen molar-refractivity contribution in [3.8, 4) is 11.5 Å². The van der Waals surface area contributed by atoms with Crippen molar-refractivity contribution in [3.05, 3.63) is 89.2 Å². The number of nitrogens with zero attached hydrogens (tertiary/aromatic N) is 1. The van der Waals surface area contributed by atoms with Gasteiger partial charge in [0.1, 0.15) is 11.9 Å². The number of pyridine rings is 1. The van der Waals surface area contributed by atoms with Gasteiger partial charge in [-0.05, 0) is 17.7 Å². The summed E-state index contributed by atoms with van der Waals surface area (Å²) < 4.78 is 12.1. The Kier molecular flexibility index (Phi) is 4.20. The smallest absolute Gasteiger partial charge is 0.156 e. The van der Waals surface area contributed by atoms with E-state index in [4.69, 9.17) is 21.1 Å². The summed E-state index contributed by atoms with van der Waals surface area (Å²) >= 11 is 6.07. The van der Waals surface area contributed by atoms with Gasteiger partial charge in [0.15, 0.2) is 5.75 Å². The summed E-state index contributed by atoms with van der Waals surface area (Å²) in [7, 11) is 0. The highest BCUT2D eigenvalue weighted by atomic mass is 35.5. The minimum atomic E-state index is -0.115. The molecule has 1 aromatic heterocycles. The number of fused-ring (bicyclic) bond motifs is 1. The molecule has 1 atom stereocenters. The fraction of sp³-hybridized carbons (Fsp3) is 0.150. The van der Waals surface area contributed by atoms with Crippen LogP contribution in [0.4, 0.5) is 0 Å². The number of hydrogen-bond donors (Lipinski definition) is 0. The molecule has 0 amide bonds. The first kappa shape index (κ1) is 15.2. The summed E-state index contributed by atoms with van der Waals surface area (Å²) in [4.78, 5) is 4.50. The molecule has 0 N–H and O–H groups in total. The maximum atomic E-state index is 6.10. The van der Waals surface area contributed by atoms with E-state index >= 15 is 0 Å². The molecule has 3 aromatic rings.